The second kappa shape index (κ2) is 3.36. The van der Waals surface area contributed by atoms with Crippen LogP contribution in [0.2, 0.25) is 0 Å². The molecule has 1 saturated heterocycles. The van der Waals surface area contributed by atoms with E-state index in [1.54, 1.807) is 0 Å². The van der Waals surface area contributed by atoms with Crippen LogP contribution in [0, 0.1) is 13.0 Å². The highest BCUT2D eigenvalue weighted by Crippen LogP contribution is 2.21. The molecule has 0 aromatic heterocycles. The Labute approximate surface area is 55.2 Å². The van der Waals surface area contributed by atoms with Gasteiger partial charge in [0, 0.05) is 11.7 Å². The van der Waals surface area contributed by atoms with Crippen molar-refractivity contribution in [2.24, 2.45) is 5.92 Å². The monoisotopic (exact) mass is 131 g/mol. The summed E-state index contributed by atoms with van der Waals surface area (Å²) in [6.45, 7) is 1.23. The number of quaternary nitrogens is 1. The molecule has 0 aliphatic carbocycles. The van der Waals surface area contributed by atoms with Crippen LogP contribution in [0.5, 0.6) is 0 Å². The van der Waals surface area contributed by atoms with Crippen molar-refractivity contribution in [3.8, 4) is 0 Å². The molecule has 1 rings (SSSR count). The molecule has 1 fully saturated rings. The third-order valence-electron chi connectivity index (χ3n) is 1.52. The van der Waals surface area contributed by atoms with Crippen LogP contribution < -0.4 is 5.32 Å². The lowest BCUT2D eigenvalue weighted by molar-refractivity contribution is -0.601. The zero-order chi connectivity index (χ0) is 5.82. The van der Waals surface area contributed by atoms with Gasteiger partial charge in [-0.2, -0.15) is 18.8 Å². The Bertz CT molecular complexity index is 59.5. The molecule has 0 bridgehead atoms. The first-order valence-electron chi connectivity index (χ1n) is 3.12. The van der Waals surface area contributed by atoms with E-state index < -0.39 is 0 Å². The topological polar surface area (TPSA) is 16.6 Å². The largest absolute Gasteiger partial charge is 0.479 e. The van der Waals surface area contributed by atoms with Gasteiger partial charge in [-0.1, -0.05) is 0 Å². The maximum atomic E-state index is 3.71. The average molecular weight is 131 g/mol. The fraction of sp³-hybridized carbons (Fsp3) is 0.833. The Balaban J connectivity index is 2.06. The maximum Gasteiger partial charge on any atom is 0.0552 e. The van der Waals surface area contributed by atoms with Gasteiger partial charge < -0.3 is 5.32 Å². The molecule has 2 N–H and O–H groups in total. The average Bonchev–Trinajstić information content (AvgIpc) is 2.19. The van der Waals surface area contributed by atoms with E-state index in [9.17, 15) is 0 Å². The molecule has 48 valence electrons. The maximum absolute atomic E-state index is 3.71. The van der Waals surface area contributed by atoms with Gasteiger partial charge in [0.15, 0.2) is 0 Å². The quantitative estimate of drug-likeness (QED) is 0.526. The van der Waals surface area contributed by atoms with Crippen LogP contribution in [0.3, 0.4) is 0 Å². The van der Waals surface area contributed by atoms with Gasteiger partial charge >= 0.3 is 0 Å². The van der Waals surface area contributed by atoms with Crippen LogP contribution in [0.4, 0.5) is 0 Å². The van der Waals surface area contributed by atoms with E-state index in [1.807, 2.05) is 5.32 Å². The van der Waals surface area contributed by atoms with E-state index in [-0.39, 0.29) is 0 Å². The molecule has 0 spiro atoms. The summed E-state index contributed by atoms with van der Waals surface area (Å²) in [6, 6.07) is 0. The minimum Gasteiger partial charge on any atom is -0.479 e. The lowest BCUT2D eigenvalue weighted by atomic mass is 10.1. The highest BCUT2D eigenvalue weighted by atomic mass is 32.2. The summed E-state index contributed by atoms with van der Waals surface area (Å²) in [7, 11) is 3.71. The first kappa shape index (κ1) is 6.43. The molecule has 1 nitrogen and oxygen atoms in total. The third-order valence-corrected chi connectivity index (χ3v) is 2.76. The normalized spacial score (nSPS) is 28.9. The van der Waals surface area contributed by atoms with Gasteiger partial charge in [-0.3, -0.25) is 0 Å². The Morgan fingerprint density at radius 3 is 3.12 bits per heavy atom. The molecule has 8 heavy (non-hydrogen) atoms. The molecule has 0 saturated carbocycles. The Kier molecular flexibility index (Phi) is 2.70. The number of hydrogen-bond acceptors (Lipinski definition) is 1. The highest BCUT2D eigenvalue weighted by Gasteiger charge is 2.14. The van der Waals surface area contributed by atoms with Gasteiger partial charge in [0.05, 0.1) is 6.54 Å². The second-order valence-electron chi connectivity index (χ2n) is 2.25. The minimum atomic E-state index is 0.956. The zero-order valence-corrected chi connectivity index (χ0v) is 5.91. The van der Waals surface area contributed by atoms with Crippen molar-refractivity contribution in [2.75, 3.05) is 18.1 Å². The summed E-state index contributed by atoms with van der Waals surface area (Å²) in [5, 5.41) is 2.04. The van der Waals surface area contributed by atoms with E-state index in [0.717, 1.165) is 5.92 Å². The molecule has 0 amide bonds. The standard InChI is InChI=1S/C6H13NS/c1-7-4-6-2-3-8-5-6/h6H,1-5,7H2. The highest BCUT2D eigenvalue weighted by molar-refractivity contribution is 7.99. The van der Waals surface area contributed by atoms with E-state index in [1.165, 1.54) is 24.5 Å². The van der Waals surface area contributed by atoms with Crippen molar-refractivity contribution in [1.29, 1.82) is 0 Å². The summed E-state index contributed by atoms with van der Waals surface area (Å²) in [4.78, 5) is 0. The summed E-state index contributed by atoms with van der Waals surface area (Å²) >= 11 is 2.07. The number of nitrogens with two attached hydrogens (primary N) is 1. The van der Waals surface area contributed by atoms with Crippen molar-refractivity contribution in [3.63, 3.8) is 0 Å². The van der Waals surface area contributed by atoms with E-state index >= 15 is 0 Å². The molecule has 1 aliphatic rings. The van der Waals surface area contributed by atoms with Gasteiger partial charge in [0.25, 0.3) is 0 Å². The molecule has 1 unspecified atom stereocenters. The molecule has 0 aromatic rings. The molecule has 2 heteroatoms. The van der Waals surface area contributed by atoms with Gasteiger partial charge in [-0.15, -0.1) is 0 Å². The van der Waals surface area contributed by atoms with Gasteiger partial charge in [-0.05, 0) is 12.2 Å². The van der Waals surface area contributed by atoms with Crippen molar-refractivity contribution < 1.29 is 5.32 Å². The third kappa shape index (κ3) is 1.67. The fourth-order valence-electron chi connectivity index (χ4n) is 1.00. The molecular formula is C6H13NS. The van der Waals surface area contributed by atoms with Gasteiger partial charge in [-0.25, -0.2) is 0 Å². The van der Waals surface area contributed by atoms with Crippen LogP contribution in [-0.2, 0) is 0 Å². The molecular weight excluding hydrogens is 118 g/mol. The fourth-order valence-corrected chi connectivity index (χ4v) is 2.31. The summed E-state index contributed by atoms with van der Waals surface area (Å²) < 4.78 is 0. The summed E-state index contributed by atoms with van der Waals surface area (Å²) in [6.07, 6.45) is 1.41. The van der Waals surface area contributed by atoms with Crippen molar-refractivity contribution in [3.05, 3.63) is 7.05 Å². The van der Waals surface area contributed by atoms with Crippen LogP contribution in [0.1, 0.15) is 6.42 Å². The molecule has 0 radical (unpaired) electrons. The molecule has 1 atom stereocenters. The Morgan fingerprint density at radius 1 is 1.75 bits per heavy atom. The predicted molar refractivity (Wildman–Crippen MR) is 37.6 cm³/mol. The van der Waals surface area contributed by atoms with E-state index in [4.69, 9.17) is 0 Å². The summed E-state index contributed by atoms with van der Waals surface area (Å²) in [5.74, 6) is 3.70. The first-order valence-corrected chi connectivity index (χ1v) is 4.27. The Morgan fingerprint density at radius 2 is 2.62 bits per heavy atom. The van der Waals surface area contributed by atoms with E-state index in [0.29, 0.717) is 0 Å². The van der Waals surface area contributed by atoms with Crippen LogP contribution in [-0.4, -0.2) is 18.1 Å². The number of thioether (sulfide) groups is 1. The lowest BCUT2D eigenvalue weighted by Gasteiger charge is -2.04. The SMILES string of the molecule is [CH2-][NH2+]CC1CCSC1. The number of hydrogen-bond donors (Lipinski definition) is 1. The Hall–Kier alpha value is 0.310. The van der Waals surface area contributed by atoms with Crippen LogP contribution >= 0.6 is 11.8 Å². The zero-order valence-electron chi connectivity index (χ0n) is 5.10. The van der Waals surface area contributed by atoms with Crippen LogP contribution in [0.15, 0.2) is 0 Å². The van der Waals surface area contributed by atoms with E-state index in [2.05, 4.69) is 18.8 Å². The summed E-state index contributed by atoms with van der Waals surface area (Å²) in [5.41, 5.74) is 0. The molecule has 0 aromatic carbocycles. The van der Waals surface area contributed by atoms with Gasteiger partial charge in [0.1, 0.15) is 0 Å². The van der Waals surface area contributed by atoms with Gasteiger partial charge in [0.2, 0.25) is 0 Å². The molecule has 1 aliphatic heterocycles. The lowest BCUT2D eigenvalue weighted by Crippen LogP contribution is -2.78. The molecule has 1 heterocycles. The van der Waals surface area contributed by atoms with Crippen molar-refractivity contribution >= 4 is 11.8 Å². The van der Waals surface area contributed by atoms with Crippen LogP contribution in [0.25, 0.3) is 0 Å². The van der Waals surface area contributed by atoms with Crippen molar-refractivity contribution in [1.82, 2.24) is 0 Å². The number of rotatable bonds is 2. The van der Waals surface area contributed by atoms with Crippen molar-refractivity contribution in [2.45, 2.75) is 6.42 Å². The predicted octanol–water partition coefficient (Wildman–Crippen LogP) is 0.0945. The first-order chi connectivity index (χ1) is 3.93. The smallest absolute Gasteiger partial charge is 0.0552 e. The minimum absolute atomic E-state index is 0.956. The second-order valence-corrected chi connectivity index (χ2v) is 3.40.